The van der Waals surface area contributed by atoms with Crippen LogP contribution >= 0.6 is 0 Å². The zero-order valence-corrected chi connectivity index (χ0v) is 26.5. The SMILES string of the molecule is NC(=O)c1cccc(C(=O)c2ccccc2)c1CCCCCCCCCCCCc1c(C(N)=O)cccc1C(=O)c1ccccc1. The second kappa shape index (κ2) is 17.6. The Morgan fingerprint density at radius 3 is 1.00 bits per heavy atom. The van der Waals surface area contributed by atoms with Crippen molar-refractivity contribution in [2.24, 2.45) is 11.5 Å². The first-order chi connectivity index (χ1) is 22.4. The van der Waals surface area contributed by atoms with E-state index in [9.17, 15) is 19.2 Å². The van der Waals surface area contributed by atoms with Gasteiger partial charge in [0.2, 0.25) is 11.8 Å². The van der Waals surface area contributed by atoms with Gasteiger partial charge in [-0.1, -0.05) is 136 Å². The first kappa shape index (κ1) is 34.0. The fraction of sp³-hybridized carbons (Fsp3) is 0.300. The van der Waals surface area contributed by atoms with Crippen molar-refractivity contribution in [3.8, 4) is 0 Å². The highest BCUT2D eigenvalue weighted by atomic mass is 16.1. The maximum Gasteiger partial charge on any atom is 0.249 e. The Kier molecular flexibility index (Phi) is 13.0. The molecule has 0 fully saturated rings. The lowest BCUT2D eigenvalue weighted by atomic mass is 9.90. The molecule has 0 spiro atoms. The van der Waals surface area contributed by atoms with Gasteiger partial charge >= 0.3 is 0 Å². The van der Waals surface area contributed by atoms with Crippen molar-refractivity contribution < 1.29 is 19.2 Å². The van der Waals surface area contributed by atoms with E-state index in [-0.39, 0.29) is 11.6 Å². The van der Waals surface area contributed by atoms with Crippen LogP contribution in [-0.2, 0) is 12.8 Å². The average molecular weight is 617 g/mol. The summed E-state index contributed by atoms with van der Waals surface area (Å²) < 4.78 is 0. The summed E-state index contributed by atoms with van der Waals surface area (Å²) in [6, 6.07) is 28.7. The number of benzene rings is 4. The molecule has 4 aromatic carbocycles. The van der Waals surface area contributed by atoms with Crippen molar-refractivity contribution >= 4 is 23.4 Å². The molecule has 0 heterocycles. The van der Waals surface area contributed by atoms with Crippen LogP contribution in [0.5, 0.6) is 0 Å². The molecule has 4 aromatic rings. The van der Waals surface area contributed by atoms with E-state index in [1.54, 1.807) is 60.7 Å². The molecule has 0 radical (unpaired) electrons. The molecule has 0 saturated heterocycles. The molecule has 0 aromatic heterocycles. The van der Waals surface area contributed by atoms with E-state index in [1.807, 2.05) is 36.4 Å². The Balaban J connectivity index is 1.16. The molecule has 0 atom stereocenters. The zero-order valence-electron chi connectivity index (χ0n) is 26.5. The second-order valence-corrected chi connectivity index (χ2v) is 11.8. The number of amides is 2. The summed E-state index contributed by atoms with van der Waals surface area (Å²) in [7, 11) is 0. The first-order valence-electron chi connectivity index (χ1n) is 16.4. The zero-order chi connectivity index (χ0) is 32.7. The molecule has 238 valence electrons. The number of hydrogen-bond acceptors (Lipinski definition) is 4. The van der Waals surface area contributed by atoms with E-state index in [1.165, 1.54) is 0 Å². The van der Waals surface area contributed by atoms with E-state index in [4.69, 9.17) is 11.5 Å². The fourth-order valence-electron chi connectivity index (χ4n) is 6.11. The van der Waals surface area contributed by atoms with Crippen LogP contribution in [-0.4, -0.2) is 23.4 Å². The third-order valence-electron chi connectivity index (χ3n) is 8.55. The minimum Gasteiger partial charge on any atom is -0.366 e. The van der Waals surface area contributed by atoms with Crippen molar-refractivity contribution in [2.75, 3.05) is 0 Å². The molecule has 0 aliphatic carbocycles. The molecule has 0 bridgehead atoms. The predicted molar refractivity (Wildman–Crippen MR) is 183 cm³/mol. The number of carbonyl (C=O) groups excluding carboxylic acids is 4. The van der Waals surface area contributed by atoms with Gasteiger partial charge in [-0.2, -0.15) is 0 Å². The lowest BCUT2D eigenvalue weighted by molar-refractivity contribution is 0.0989. The van der Waals surface area contributed by atoms with Crippen LogP contribution in [0.2, 0.25) is 0 Å². The maximum atomic E-state index is 13.2. The van der Waals surface area contributed by atoms with Crippen molar-refractivity contribution in [3.63, 3.8) is 0 Å². The molecule has 0 aliphatic heterocycles. The normalized spacial score (nSPS) is 10.9. The Hall–Kier alpha value is -4.84. The lowest BCUT2D eigenvalue weighted by Gasteiger charge is -2.13. The Morgan fingerprint density at radius 2 is 0.674 bits per heavy atom. The van der Waals surface area contributed by atoms with Crippen LogP contribution in [0.1, 0.15) is 128 Å². The molecular formula is C40H44N2O4. The van der Waals surface area contributed by atoms with E-state index < -0.39 is 11.8 Å². The third kappa shape index (κ3) is 9.33. The van der Waals surface area contributed by atoms with Gasteiger partial charge in [0, 0.05) is 33.4 Å². The topological polar surface area (TPSA) is 120 Å². The number of hydrogen-bond donors (Lipinski definition) is 2. The molecular weight excluding hydrogens is 572 g/mol. The number of unbranched alkanes of at least 4 members (excludes halogenated alkanes) is 9. The van der Waals surface area contributed by atoms with Gasteiger partial charge in [0.15, 0.2) is 11.6 Å². The summed E-state index contributed by atoms with van der Waals surface area (Å²) in [5.74, 6) is -1.18. The van der Waals surface area contributed by atoms with Crippen LogP contribution in [0.25, 0.3) is 0 Å². The van der Waals surface area contributed by atoms with Gasteiger partial charge in [-0.3, -0.25) is 19.2 Å². The monoisotopic (exact) mass is 616 g/mol. The van der Waals surface area contributed by atoms with Crippen molar-refractivity contribution in [3.05, 3.63) is 142 Å². The third-order valence-corrected chi connectivity index (χ3v) is 8.55. The Bertz CT molecular complexity index is 1510. The largest absolute Gasteiger partial charge is 0.366 e. The van der Waals surface area contributed by atoms with Crippen molar-refractivity contribution in [2.45, 2.75) is 77.0 Å². The fourth-order valence-corrected chi connectivity index (χ4v) is 6.11. The quantitative estimate of drug-likeness (QED) is 0.0818. The van der Waals surface area contributed by atoms with E-state index >= 15 is 0 Å². The molecule has 6 nitrogen and oxygen atoms in total. The number of rotatable bonds is 19. The van der Waals surface area contributed by atoms with Gasteiger partial charge in [-0.05, 0) is 48.9 Å². The summed E-state index contributed by atoms with van der Waals surface area (Å²) in [5.41, 5.74) is 16.0. The first-order valence-corrected chi connectivity index (χ1v) is 16.4. The molecule has 0 unspecified atom stereocenters. The molecule has 4 rings (SSSR count). The Morgan fingerprint density at radius 1 is 0.370 bits per heavy atom. The minimum atomic E-state index is -0.504. The van der Waals surface area contributed by atoms with Gasteiger partial charge < -0.3 is 11.5 Å². The van der Waals surface area contributed by atoms with Gasteiger partial charge in [-0.15, -0.1) is 0 Å². The number of primary amides is 2. The lowest BCUT2D eigenvalue weighted by Crippen LogP contribution is -2.17. The summed E-state index contributed by atoms with van der Waals surface area (Å²) >= 11 is 0. The smallest absolute Gasteiger partial charge is 0.249 e. The molecule has 6 heteroatoms. The average Bonchev–Trinajstić information content (AvgIpc) is 3.08. The molecule has 4 N–H and O–H groups in total. The van der Waals surface area contributed by atoms with Gasteiger partial charge in [0.1, 0.15) is 0 Å². The van der Waals surface area contributed by atoms with E-state index in [0.29, 0.717) is 46.2 Å². The second-order valence-electron chi connectivity index (χ2n) is 11.8. The number of carbonyl (C=O) groups is 4. The summed E-state index contributed by atoms with van der Waals surface area (Å²) in [6.45, 7) is 0. The summed E-state index contributed by atoms with van der Waals surface area (Å²) in [6.07, 6.45) is 11.9. The summed E-state index contributed by atoms with van der Waals surface area (Å²) in [4.78, 5) is 50.6. The van der Waals surface area contributed by atoms with E-state index in [0.717, 1.165) is 75.3 Å². The molecule has 0 saturated carbocycles. The van der Waals surface area contributed by atoms with Gasteiger partial charge in [0.05, 0.1) is 0 Å². The van der Waals surface area contributed by atoms with Crippen LogP contribution < -0.4 is 11.5 Å². The van der Waals surface area contributed by atoms with Crippen molar-refractivity contribution in [1.29, 1.82) is 0 Å². The van der Waals surface area contributed by atoms with Gasteiger partial charge in [-0.25, -0.2) is 0 Å². The highest BCUT2D eigenvalue weighted by Gasteiger charge is 2.20. The van der Waals surface area contributed by atoms with Gasteiger partial charge in [0.25, 0.3) is 0 Å². The maximum absolute atomic E-state index is 13.2. The predicted octanol–water partition coefficient (Wildman–Crippen LogP) is 8.03. The highest BCUT2D eigenvalue weighted by molar-refractivity contribution is 6.12. The van der Waals surface area contributed by atoms with Crippen molar-refractivity contribution in [1.82, 2.24) is 0 Å². The molecule has 2 amide bonds. The van der Waals surface area contributed by atoms with Crippen LogP contribution in [0.4, 0.5) is 0 Å². The Labute approximate surface area is 272 Å². The minimum absolute atomic E-state index is 0.0862. The highest BCUT2D eigenvalue weighted by Crippen LogP contribution is 2.24. The van der Waals surface area contributed by atoms with Crippen LogP contribution in [0.3, 0.4) is 0 Å². The standard InChI is InChI=1S/C40H44N2O4/c41-39(45)35-27-17-25-33(37(43)29-19-11-9-12-20-29)31(35)23-15-7-5-3-1-2-4-6-8-16-24-32-34(26-18-28-36(32)40(42)46)38(44)30-21-13-10-14-22-30/h9-14,17-22,25-28H,1-8,15-16,23-24H2,(H2,41,45)(H2,42,46). The van der Waals surface area contributed by atoms with Crippen LogP contribution in [0, 0.1) is 0 Å². The number of ketones is 2. The van der Waals surface area contributed by atoms with Crippen LogP contribution in [0.15, 0.2) is 97.1 Å². The summed E-state index contributed by atoms with van der Waals surface area (Å²) in [5, 5.41) is 0. The van der Waals surface area contributed by atoms with E-state index in [2.05, 4.69) is 0 Å². The number of nitrogens with two attached hydrogens (primary N) is 2. The molecule has 0 aliphatic rings. The molecule has 46 heavy (non-hydrogen) atoms.